The average molecular weight is 658 g/mol. The van der Waals surface area contributed by atoms with Gasteiger partial charge in [-0.25, -0.2) is 9.59 Å². The molecule has 50 heavy (non-hydrogen) atoms. The van der Waals surface area contributed by atoms with E-state index in [4.69, 9.17) is 14.2 Å². The van der Waals surface area contributed by atoms with Crippen molar-refractivity contribution in [3.8, 4) is 16.9 Å². The normalized spacial score (nSPS) is 11.7. The van der Waals surface area contributed by atoms with Crippen molar-refractivity contribution in [2.45, 2.75) is 13.0 Å². The molecule has 0 bridgehead atoms. The zero-order chi connectivity index (χ0) is 34.6. The summed E-state index contributed by atoms with van der Waals surface area (Å²) in [5.41, 5.74) is 5.55. The first kappa shape index (κ1) is 32.2. The first-order valence-corrected chi connectivity index (χ1v) is 16.4. The molecule has 0 amide bonds. The molecular formula is C44H35NO5. The number of hydrogen-bond acceptors (Lipinski definition) is 6. The lowest BCUT2D eigenvalue weighted by Gasteiger charge is -2.28. The summed E-state index contributed by atoms with van der Waals surface area (Å²) in [4.78, 5) is 26.0. The first-order chi connectivity index (χ1) is 24.4. The van der Waals surface area contributed by atoms with E-state index in [1.807, 2.05) is 30.3 Å². The zero-order valence-electron chi connectivity index (χ0n) is 27.7. The Bertz CT molecular complexity index is 2330. The molecular weight excluding hydrogens is 622 g/mol. The molecule has 0 N–H and O–H groups in total. The van der Waals surface area contributed by atoms with E-state index in [0.29, 0.717) is 5.75 Å². The minimum absolute atomic E-state index is 0.00500. The van der Waals surface area contributed by atoms with E-state index in [1.165, 1.54) is 32.3 Å². The molecule has 0 saturated carbocycles. The summed E-state index contributed by atoms with van der Waals surface area (Å²) in [5.74, 6) is -0.614. The standard InChI is InChI=1S/C44H35NO5/c1-4-41(46)50-38(28-49-44(47)29(2)3)27-48-37-24-20-31(21-25-37)30-18-22-36(23-19-30)45(35-13-6-5-7-14-35)40-26-34-12-8-10-32-16-17-33-11-9-15-39(40)43(33)42(32)34/h4-26,38H,1-2,27-28H2,3H3. The van der Waals surface area contributed by atoms with Crippen molar-refractivity contribution in [1.82, 2.24) is 0 Å². The summed E-state index contributed by atoms with van der Waals surface area (Å²) in [6, 6.07) is 46.5. The fourth-order valence-corrected chi connectivity index (χ4v) is 6.29. The second-order valence-corrected chi connectivity index (χ2v) is 12.1. The van der Waals surface area contributed by atoms with Crippen molar-refractivity contribution >= 4 is 61.3 Å². The zero-order valence-corrected chi connectivity index (χ0v) is 27.7. The third-order valence-electron chi connectivity index (χ3n) is 8.69. The van der Waals surface area contributed by atoms with E-state index in [9.17, 15) is 9.59 Å². The van der Waals surface area contributed by atoms with Crippen LogP contribution in [0.2, 0.25) is 0 Å². The van der Waals surface area contributed by atoms with Gasteiger partial charge in [0.05, 0.1) is 5.69 Å². The highest BCUT2D eigenvalue weighted by Crippen LogP contribution is 2.45. The summed E-state index contributed by atoms with van der Waals surface area (Å²) in [7, 11) is 0. The number of esters is 2. The van der Waals surface area contributed by atoms with Gasteiger partial charge in [0.1, 0.15) is 19.0 Å². The van der Waals surface area contributed by atoms with E-state index >= 15 is 0 Å². The van der Waals surface area contributed by atoms with Crippen LogP contribution in [0.1, 0.15) is 6.92 Å². The number of carbonyl (C=O) groups is 2. The molecule has 0 fully saturated rings. The Labute approximate surface area is 290 Å². The van der Waals surface area contributed by atoms with Crippen molar-refractivity contribution in [3.05, 3.63) is 158 Å². The van der Waals surface area contributed by atoms with Crippen LogP contribution in [-0.2, 0) is 19.1 Å². The van der Waals surface area contributed by atoms with Gasteiger partial charge in [0.25, 0.3) is 0 Å². The summed E-state index contributed by atoms with van der Waals surface area (Å²) in [6.07, 6.45) is 0.245. The second-order valence-electron chi connectivity index (χ2n) is 12.1. The SMILES string of the molecule is C=CC(=O)OC(COC(=O)C(=C)C)COc1ccc(-c2ccc(N(c3ccccc3)c3cc4cccc5ccc6cccc3c6c54)cc2)cc1. The highest BCUT2D eigenvalue weighted by molar-refractivity contribution is 6.26. The number of rotatable bonds is 12. The van der Waals surface area contributed by atoms with Crippen LogP contribution in [0.3, 0.4) is 0 Å². The maximum atomic E-state index is 11.8. The molecule has 0 aliphatic rings. The van der Waals surface area contributed by atoms with Crippen LogP contribution in [-0.4, -0.2) is 31.3 Å². The first-order valence-electron chi connectivity index (χ1n) is 16.4. The van der Waals surface area contributed by atoms with Gasteiger partial charge in [0.2, 0.25) is 0 Å². The smallest absolute Gasteiger partial charge is 0.333 e. The van der Waals surface area contributed by atoms with Gasteiger partial charge >= 0.3 is 11.9 Å². The predicted molar refractivity (Wildman–Crippen MR) is 202 cm³/mol. The van der Waals surface area contributed by atoms with Crippen molar-refractivity contribution in [2.75, 3.05) is 18.1 Å². The molecule has 6 heteroatoms. The topological polar surface area (TPSA) is 65.1 Å². The lowest BCUT2D eigenvalue weighted by Crippen LogP contribution is -2.30. The predicted octanol–water partition coefficient (Wildman–Crippen LogP) is 10.3. The van der Waals surface area contributed by atoms with E-state index < -0.39 is 18.0 Å². The van der Waals surface area contributed by atoms with E-state index in [0.717, 1.165) is 34.3 Å². The van der Waals surface area contributed by atoms with Gasteiger partial charge in [0, 0.05) is 28.4 Å². The number of para-hydroxylation sites is 1. The monoisotopic (exact) mass is 657 g/mol. The van der Waals surface area contributed by atoms with Crippen molar-refractivity contribution in [2.24, 2.45) is 0 Å². The van der Waals surface area contributed by atoms with Crippen LogP contribution < -0.4 is 9.64 Å². The minimum atomic E-state index is -0.809. The Kier molecular flexibility index (Phi) is 9.00. The van der Waals surface area contributed by atoms with Crippen molar-refractivity contribution in [1.29, 1.82) is 0 Å². The van der Waals surface area contributed by atoms with Crippen LogP contribution in [0.25, 0.3) is 43.4 Å². The summed E-state index contributed by atoms with van der Waals surface area (Å²) in [5, 5.41) is 7.44. The highest BCUT2D eigenvalue weighted by Gasteiger charge is 2.20. The Balaban J connectivity index is 1.16. The van der Waals surface area contributed by atoms with Crippen LogP contribution in [0, 0.1) is 0 Å². The van der Waals surface area contributed by atoms with Gasteiger partial charge in [-0.3, -0.25) is 0 Å². The molecule has 0 aromatic heterocycles. The lowest BCUT2D eigenvalue weighted by atomic mass is 9.92. The summed E-state index contributed by atoms with van der Waals surface area (Å²) >= 11 is 0. The Morgan fingerprint density at radius 3 is 2.00 bits per heavy atom. The Morgan fingerprint density at radius 1 is 0.700 bits per heavy atom. The number of hydrogen-bond donors (Lipinski definition) is 0. The molecule has 7 aromatic carbocycles. The van der Waals surface area contributed by atoms with Crippen molar-refractivity contribution in [3.63, 3.8) is 0 Å². The fourth-order valence-electron chi connectivity index (χ4n) is 6.29. The van der Waals surface area contributed by atoms with Gasteiger partial charge in [0.15, 0.2) is 6.10 Å². The van der Waals surface area contributed by atoms with Gasteiger partial charge in [-0.05, 0) is 87.4 Å². The second kappa shape index (κ2) is 14.0. The van der Waals surface area contributed by atoms with Crippen LogP contribution in [0.5, 0.6) is 5.75 Å². The summed E-state index contributed by atoms with van der Waals surface area (Å²) in [6.45, 7) is 8.38. The van der Waals surface area contributed by atoms with Crippen molar-refractivity contribution < 1.29 is 23.8 Å². The van der Waals surface area contributed by atoms with Crippen LogP contribution in [0.15, 0.2) is 158 Å². The lowest BCUT2D eigenvalue weighted by molar-refractivity contribution is -0.154. The molecule has 0 aliphatic heterocycles. The van der Waals surface area contributed by atoms with E-state index in [2.05, 4.69) is 121 Å². The molecule has 0 radical (unpaired) electrons. The summed E-state index contributed by atoms with van der Waals surface area (Å²) < 4.78 is 16.4. The molecule has 0 saturated heterocycles. The van der Waals surface area contributed by atoms with Gasteiger partial charge in [-0.1, -0.05) is 104 Å². The largest absolute Gasteiger partial charge is 0.490 e. The van der Waals surface area contributed by atoms with Crippen LogP contribution in [0.4, 0.5) is 17.1 Å². The molecule has 7 aromatic rings. The van der Waals surface area contributed by atoms with E-state index in [1.54, 1.807) is 6.92 Å². The fraction of sp³-hybridized carbons (Fsp3) is 0.0909. The van der Waals surface area contributed by atoms with Gasteiger partial charge in [-0.2, -0.15) is 0 Å². The Hall–Kier alpha value is -6.40. The number of ether oxygens (including phenoxy) is 3. The third-order valence-corrected chi connectivity index (χ3v) is 8.69. The number of nitrogens with zero attached hydrogens (tertiary/aromatic N) is 1. The maximum absolute atomic E-state index is 11.8. The third kappa shape index (κ3) is 6.51. The number of carbonyl (C=O) groups excluding carboxylic acids is 2. The Morgan fingerprint density at radius 2 is 1.32 bits per heavy atom. The van der Waals surface area contributed by atoms with E-state index in [-0.39, 0.29) is 18.8 Å². The molecule has 0 spiro atoms. The van der Waals surface area contributed by atoms with Gasteiger partial charge in [-0.15, -0.1) is 0 Å². The molecule has 246 valence electrons. The quantitative estimate of drug-likeness (QED) is 0.0740. The minimum Gasteiger partial charge on any atom is -0.490 e. The highest BCUT2D eigenvalue weighted by atomic mass is 16.6. The maximum Gasteiger partial charge on any atom is 0.333 e. The number of benzene rings is 7. The molecule has 6 nitrogen and oxygen atoms in total. The van der Waals surface area contributed by atoms with Gasteiger partial charge < -0.3 is 19.1 Å². The molecule has 0 heterocycles. The molecule has 1 unspecified atom stereocenters. The average Bonchev–Trinajstić information content (AvgIpc) is 3.16. The number of anilines is 3. The molecule has 1 atom stereocenters. The molecule has 7 rings (SSSR count). The molecule has 0 aliphatic carbocycles. The van der Waals surface area contributed by atoms with Crippen LogP contribution >= 0.6 is 0 Å².